The zero-order chi connectivity index (χ0) is 15.0. The number of aromatic amines is 1. The van der Waals surface area contributed by atoms with E-state index in [2.05, 4.69) is 9.88 Å². The number of H-pyrrole nitrogens is 1. The van der Waals surface area contributed by atoms with Crippen LogP contribution in [0.15, 0.2) is 24.4 Å². The second-order valence-corrected chi connectivity index (χ2v) is 5.31. The molecule has 0 unspecified atom stereocenters. The van der Waals surface area contributed by atoms with E-state index in [0.29, 0.717) is 10.9 Å². The molecule has 0 saturated carbocycles. The van der Waals surface area contributed by atoms with E-state index in [1.165, 1.54) is 6.42 Å². The summed E-state index contributed by atoms with van der Waals surface area (Å²) >= 11 is 0. The summed E-state index contributed by atoms with van der Waals surface area (Å²) in [5, 5.41) is 0.334. The van der Waals surface area contributed by atoms with Gasteiger partial charge in [-0.2, -0.15) is 13.2 Å². The molecule has 0 bridgehead atoms. The molecular weight excluding hydrogens is 281 g/mol. The summed E-state index contributed by atoms with van der Waals surface area (Å²) < 4.78 is 37.9. The van der Waals surface area contributed by atoms with Crippen molar-refractivity contribution in [3.63, 3.8) is 0 Å². The number of nitrogens with zero attached hydrogens (tertiary/aromatic N) is 1. The summed E-state index contributed by atoms with van der Waals surface area (Å²) in [4.78, 5) is 16.4. The van der Waals surface area contributed by atoms with Crippen molar-refractivity contribution in [2.45, 2.75) is 25.4 Å². The molecule has 1 aromatic heterocycles. The van der Waals surface area contributed by atoms with Crippen molar-refractivity contribution in [1.29, 1.82) is 0 Å². The van der Waals surface area contributed by atoms with Crippen molar-refractivity contribution >= 4 is 22.4 Å². The van der Waals surface area contributed by atoms with Gasteiger partial charge in [-0.15, -0.1) is 0 Å². The summed E-state index contributed by atoms with van der Waals surface area (Å²) in [6, 6.07) is 5.29. The zero-order valence-electron chi connectivity index (χ0n) is 11.3. The Kier molecular flexibility index (Phi) is 3.39. The largest absolute Gasteiger partial charge is 0.454 e. The summed E-state index contributed by atoms with van der Waals surface area (Å²) in [6.07, 6.45) is -0.365. The highest BCUT2D eigenvalue weighted by Gasteiger charge is 2.40. The Balaban J connectivity index is 2.01. The van der Waals surface area contributed by atoms with Crippen LogP contribution in [-0.2, 0) is 0 Å². The fraction of sp³-hybridized carbons (Fsp3) is 0.400. The van der Waals surface area contributed by atoms with Crippen LogP contribution in [-0.4, -0.2) is 30.0 Å². The maximum Gasteiger partial charge on any atom is 0.454 e. The van der Waals surface area contributed by atoms with Crippen LogP contribution in [0.2, 0.25) is 0 Å². The molecule has 1 fully saturated rings. The summed E-state index contributed by atoms with van der Waals surface area (Å²) in [6.45, 7) is 1.80. The number of hydrogen-bond acceptors (Lipinski definition) is 2. The van der Waals surface area contributed by atoms with Gasteiger partial charge in [0.25, 0.3) is 5.78 Å². The van der Waals surface area contributed by atoms with E-state index in [4.69, 9.17) is 0 Å². The molecule has 0 aliphatic carbocycles. The molecule has 0 spiro atoms. The first kappa shape index (κ1) is 14.0. The molecule has 1 aliphatic rings. The molecule has 1 saturated heterocycles. The van der Waals surface area contributed by atoms with E-state index in [-0.39, 0.29) is 5.56 Å². The van der Waals surface area contributed by atoms with Crippen LogP contribution in [0, 0.1) is 0 Å². The number of Topliss-reactive ketones (excluding diaryl/α,β-unsaturated/α-hetero) is 1. The van der Waals surface area contributed by atoms with Crippen LogP contribution in [0.1, 0.15) is 29.6 Å². The van der Waals surface area contributed by atoms with Crippen LogP contribution in [0.5, 0.6) is 0 Å². The number of aromatic nitrogens is 1. The van der Waals surface area contributed by atoms with E-state index in [0.717, 1.165) is 37.8 Å². The van der Waals surface area contributed by atoms with Crippen LogP contribution in [0.3, 0.4) is 0 Å². The first-order valence-electron chi connectivity index (χ1n) is 6.94. The lowest BCUT2D eigenvalue weighted by molar-refractivity contribution is -0.0884. The van der Waals surface area contributed by atoms with Crippen molar-refractivity contribution in [2.24, 2.45) is 0 Å². The van der Waals surface area contributed by atoms with Crippen molar-refractivity contribution in [2.75, 3.05) is 18.0 Å². The highest BCUT2D eigenvalue weighted by molar-refractivity contribution is 6.11. The third-order valence-electron chi connectivity index (χ3n) is 3.89. The topological polar surface area (TPSA) is 36.1 Å². The number of fused-ring (bicyclic) bond motifs is 1. The van der Waals surface area contributed by atoms with Crippen molar-refractivity contribution in [3.05, 3.63) is 30.0 Å². The van der Waals surface area contributed by atoms with E-state index in [9.17, 15) is 18.0 Å². The number of anilines is 1. The number of carbonyl (C=O) groups is 1. The minimum absolute atomic E-state index is 0.309. The number of ketones is 1. The van der Waals surface area contributed by atoms with Gasteiger partial charge in [0, 0.05) is 35.9 Å². The number of nitrogens with one attached hydrogen (secondary N) is 1. The third kappa shape index (κ3) is 2.62. The van der Waals surface area contributed by atoms with Crippen molar-refractivity contribution in [1.82, 2.24) is 4.98 Å². The van der Waals surface area contributed by atoms with E-state index in [1.807, 2.05) is 6.07 Å². The van der Waals surface area contributed by atoms with E-state index in [1.54, 1.807) is 12.1 Å². The quantitative estimate of drug-likeness (QED) is 0.853. The second kappa shape index (κ2) is 5.09. The molecule has 0 amide bonds. The third-order valence-corrected chi connectivity index (χ3v) is 3.89. The minimum atomic E-state index is -4.85. The van der Waals surface area contributed by atoms with Gasteiger partial charge in [0.15, 0.2) is 0 Å². The fourth-order valence-corrected chi connectivity index (χ4v) is 2.80. The summed E-state index contributed by atoms with van der Waals surface area (Å²) in [5.41, 5.74) is 1.11. The minimum Gasteiger partial charge on any atom is -0.372 e. The number of hydrogen-bond donors (Lipinski definition) is 1. The lowest BCUT2D eigenvalue weighted by atomic mass is 10.1. The lowest BCUT2D eigenvalue weighted by Gasteiger charge is -2.28. The van der Waals surface area contributed by atoms with Gasteiger partial charge in [-0.25, -0.2) is 0 Å². The molecule has 1 aromatic carbocycles. The standard InChI is InChI=1S/C15H15F3N2O/c16-15(17,18)14(21)12-9-19-13-5-4-10(8-11(12)13)20-6-2-1-3-7-20/h4-5,8-9,19H,1-3,6-7H2. The molecule has 3 nitrogen and oxygen atoms in total. The number of piperidine rings is 1. The summed E-state index contributed by atoms with van der Waals surface area (Å²) in [5.74, 6) is -1.80. The maximum atomic E-state index is 12.6. The second-order valence-electron chi connectivity index (χ2n) is 5.31. The molecule has 6 heteroatoms. The molecule has 0 radical (unpaired) electrons. The first-order chi connectivity index (χ1) is 9.97. The Bertz CT molecular complexity index is 669. The van der Waals surface area contributed by atoms with Crippen LogP contribution in [0.25, 0.3) is 10.9 Å². The molecule has 2 heterocycles. The Hall–Kier alpha value is -1.98. The van der Waals surface area contributed by atoms with E-state index >= 15 is 0 Å². The molecule has 1 aliphatic heterocycles. The highest BCUT2D eigenvalue weighted by atomic mass is 19.4. The van der Waals surface area contributed by atoms with Gasteiger partial charge in [0.2, 0.25) is 0 Å². The smallest absolute Gasteiger partial charge is 0.372 e. The monoisotopic (exact) mass is 296 g/mol. The molecular formula is C15H15F3N2O. The highest BCUT2D eigenvalue weighted by Crippen LogP contribution is 2.30. The van der Waals surface area contributed by atoms with Crippen LogP contribution >= 0.6 is 0 Å². The number of benzene rings is 1. The zero-order valence-corrected chi connectivity index (χ0v) is 11.3. The predicted octanol–water partition coefficient (Wildman–Crippen LogP) is 3.90. The normalized spacial score (nSPS) is 16.4. The maximum absolute atomic E-state index is 12.6. The molecule has 1 N–H and O–H groups in total. The van der Waals surface area contributed by atoms with Gasteiger partial charge in [0.1, 0.15) is 0 Å². The average molecular weight is 296 g/mol. The van der Waals surface area contributed by atoms with Gasteiger partial charge < -0.3 is 9.88 Å². The summed E-state index contributed by atoms with van der Waals surface area (Å²) in [7, 11) is 0. The molecule has 21 heavy (non-hydrogen) atoms. The van der Waals surface area contributed by atoms with Gasteiger partial charge in [-0.05, 0) is 37.5 Å². The lowest BCUT2D eigenvalue weighted by Crippen LogP contribution is -2.29. The van der Waals surface area contributed by atoms with Gasteiger partial charge in [-0.3, -0.25) is 4.79 Å². The van der Waals surface area contributed by atoms with Crippen LogP contribution in [0.4, 0.5) is 18.9 Å². The number of halogens is 3. The van der Waals surface area contributed by atoms with Gasteiger partial charge in [-0.1, -0.05) is 0 Å². The Morgan fingerprint density at radius 2 is 1.86 bits per heavy atom. The molecule has 2 aromatic rings. The van der Waals surface area contributed by atoms with Crippen molar-refractivity contribution in [3.8, 4) is 0 Å². The van der Waals surface area contributed by atoms with Gasteiger partial charge in [0.05, 0.1) is 5.56 Å². The Labute approximate surface area is 119 Å². The average Bonchev–Trinajstić information content (AvgIpc) is 2.89. The van der Waals surface area contributed by atoms with E-state index < -0.39 is 12.0 Å². The SMILES string of the molecule is O=C(c1c[nH]c2ccc(N3CCCCC3)cc12)C(F)(F)F. The Morgan fingerprint density at radius 3 is 2.52 bits per heavy atom. The van der Waals surface area contributed by atoms with Gasteiger partial charge >= 0.3 is 6.18 Å². The molecule has 112 valence electrons. The predicted molar refractivity (Wildman–Crippen MR) is 74.7 cm³/mol. The number of carbonyl (C=O) groups excluding carboxylic acids is 1. The fourth-order valence-electron chi connectivity index (χ4n) is 2.80. The van der Waals surface area contributed by atoms with Crippen molar-refractivity contribution < 1.29 is 18.0 Å². The first-order valence-corrected chi connectivity index (χ1v) is 6.94. The number of alkyl halides is 3. The molecule has 0 atom stereocenters. The number of rotatable bonds is 2. The van der Waals surface area contributed by atoms with Crippen LogP contribution < -0.4 is 4.90 Å². The molecule has 3 rings (SSSR count). The Morgan fingerprint density at radius 1 is 1.14 bits per heavy atom.